The molecule has 0 aliphatic rings. The molecule has 0 aliphatic carbocycles. The molecule has 0 amide bonds. The van der Waals surface area contributed by atoms with Crippen molar-refractivity contribution in [1.29, 1.82) is 0 Å². The van der Waals surface area contributed by atoms with Gasteiger partial charge in [-0.3, -0.25) is 0 Å². The van der Waals surface area contributed by atoms with Gasteiger partial charge >= 0.3 is 5.89 Å². The van der Waals surface area contributed by atoms with Crippen LogP contribution in [0.15, 0.2) is 63.6 Å². The quantitative estimate of drug-likeness (QED) is 0.396. The van der Waals surface area contributed by atoms with Crippen LogP contribution in [0.25, 0.3) is 22.1 Å². The van der Waals surface area contributed by atoms with E-state index >= 15 is 0 Å². The van der Waals surface area contributed by atoms with Crippen molar-refractivity contribution in [3.63, 3.8) is 0 Å². The first-order valence-electron chi connectivity index (χ1n) is 8.23. The van der Waals surface area contributed by atoms with Gasteiger partial charge in [-0.2, -0.15) is 4.57 Å². The first-order chi connectivity index (χ1) is 12.4. The Labute approximate surface area is 150 Å². The van der Waals surface area contributed by atoms with Crippen molar-refractivity contribution in [3.05, 3.63) is 66.2 Å². The highest BCUT2D eigenvalue weighted by molar-refractivity contribution is 7.86. The van der Waals surface area contributed by atoms with Crippen LogP contribution in [-0.4, -0.2) is 13.0 Å². The van der Waals surface area contributed by atoms with Crippen LogP contribution in [0.5, 0.6) is 0 Å². The third-order valence-corrected chi connectivity index (χ3v) is 5.80. The zero-order chi connectivity index (χ0) is 18.3. The lowest BCUT2D eigenvalue weighted by atomic mass is 10.1. The van der Waals surface area contributed by atoms with E-state index in [9.17, 15) is 13.0 Å². The second kappa shape index (κ2) is 6.26. The van der Waals surface area contributed by atoms with Gasteiger partial charge in [0.2, 0.25) is 5.58 Å². The normalized spacial score (nSPS) is 13.5. The number of hydrogen-bond acceptors (Lipinski definition) is 5. The van der Waals surface area contributed by atoms with Crippen LogP contribution in [0.2, 0.25) is 0 Å². The molecule has 26 heavy (non-hydrogen) atoms. The zero-order valence-electron chi connectivity index (χ0n) is 14.1. The summed E-state index contributed by atoms with van der Waals surface area (Å²) >= 11 is 0. The number of benzene rings is 2. The molecule has 0 saturated carbocycles. The van der Waals surface area contributed by atoms with Gasteiger partial charge < -0.3 is 13.4 Å². The molecule has 4 rings (SSSR count). The molecule has 1 atom stereocenters. The smallest absolute Gasteiger partial charge is 0.344 e. The summed E-state index contributed by atoms with van der Waals surface area (Å²) in [6.07, 6.45) is 1.77. The maximum absolute atomic E-state index is 11.8. The van der Waals surface area contributed by atoms with Crippen molar-refractivity contribution in [2.75, 3.05) is 0 Å². The van der Waals surface area contributed by atoms with Crippen molar-refractivity contribution in [2.24, 2.45) is 0 Å². The molecule has 6 nitrogen and oxygen atoms in total. The van der Waals surface area contributed by atoms with Crippen molar-refractivity contribution >= 4 is 32.2 Å². The highest BCUT2D eigenvalue weighted by Gasteiger charge is 2.25. The second-order valence-corrected chi connectivity index (χ2v) is 7.79. The molecule has 2 aromatic heterocycles. The van der Waals surface area contributed by atoms with Crippen LogP contribution in [-0.2, 0) is 16.7 Å². The first kappa shape index (κ1) is 16.8. The predicted molar refractivity (Wildman–Crippen MR) is 94.4 cm³/mol. The van der Waals surface area contributed by atoms with E-state index in [1.807, 2.05) is 29.7 Å². The van der Waals surface area contributed by atoms with Gasteiger partial charge in [-0.05, 0) is 11.6 Å². The molecular formula is C19H17NO5S. The highest BCUT2D eigenvalue weighted by Crippen LogP contribution is 2.27. The molecule has 0 radical (unpaired) electrons. The van der Waals surface area contributed by atoms with E-state index in [0.29, 0.717) is 23.6 Å². The molecule has 2 aromatic carbocycles. The Bertz CT molecular complexity index is 1170. The molecule has 1 unspecified atom stereocenters. The number of furan rings is 1. The summed E-state index contributed by atoms with van der Waals surface area (Å²) in [5, 5.41) is -0.165. The fourth-order valence-corrected chi connectivity index (χ4v) is 4.21. The van der Waals surface area contributed by atoms with E-state index in [-0.39, 0.29) is 6.42 Å². The van der Waals surface area contributed by atoms with Gasteiger partial charge in [-0.25, -0.2) is 8.42 Å². The standard InChI is InChI=1S/C19H17NO5S/c1-13-20(16-11-15-8-10-24-17(15)12-18(16)25-13)9-7-19(26(21,22)23)14-5-3-2-4-6-14/h2-6,8,10-12,19H,7,9H2,1H3. The van der Waals surface area contributed by atoms with E-state index in [1.165, 1.54) is 0 Å². The first-order valence-corrected chi connectivity index (χ1v) is 9.70. The van der Waals surface area contributed by atoms with Crippen LogP contribution in [0.4, 0.5) is 0 Å². The summed E-state index contributed by atoms with van der Waals surface area (Å²) < 4.78 is 48.4. The molecule has 134 valence electrons. The van der Waals surface area contributed by atoms with E-state index in [0.717, 1.165) is 16.5 Å². The van der Waals surface area contributed by atoms with Gasteiger partial charge in [-0.15, -0.1) is 0 Å². The van der Waals surface area contributed by atoms with Gasteiger partial charge in [0.1, 0.15) is 15.7 Å². The van der Waals surface area contributed by atoms with Gasteiger partial charge in [0.25, 0.3) is 5.52 Å². The van der Waals surface area contributed by atoms with E-state index in [2.05, 4.69) is 0 Å². The number of oxazole rings is 1. The SMILES string of the molecule is Cc1oc2cc3occc3cc2[n+]1CCC(c1ccccc1)S(=O)(=O)[O-]. The molecule has 0 aliphatic heterocycles. The van der Waals surface area contributed by atoms with Gasteiger partial charge in [0.15, 0.2) is 6.54 Å². The summed E-state index contributed by atoms with van der Waals surface area (Å²) in [7, 11) is -4.47. The molecule has 2 heterocycles. The number of rotatable bonds is 5. The van der Waals surface area contributed by atoms with Crippen LogP contribution in [0.3, 0.4) is 0 Å². The molecule has 4 aromatic rings. The number of nitrogens with zero attached hydrogens (tertiary/aromatic N) is 1. The number of aryl methyl sites for hydroxylation is 2. The third-order valence-electron chi connectivity index (χ3n) is 4.60. The van der Waals surface area contributed by atoms with E-state index < -0.39 is 15.4 Å². The number of fused-ring (bicyclic) bond motifs is 2. The molecule has 0 bridgehead atoms. The van der Waals surface area contributed by atoms with Gasteiger partial charge in [-0.1, -0.05) is 30.3 Å². The predicted octanol–water partition coefficient (Wildman–Crippen LogP) is 3.45. The molecule has 0 saturated heterocycles. The van der Waals surface area contributed by atoms with E-state index in [4.69, 9.17) is 8.83 Å². The zero-order valence-corrected chi connectivity index (χ0v) is 14.9. The van der Waals surface area contributed by atoms with E-state index in [1.54, 1.807) is 36.6 Å². The van der Waals surface area contributed by atoms with Crippen LogP contribution in [0, 0.1) is 6.92 Å². The van der Waals surface area contributed by atoms with Crippen molar-refractivity contribution in [3.8, 4) is 0 Å². The molecule has 0 fully saturated rings. The van der Waals surface area contributed by atoms with Crippen LogP contribution in [0.1, 0.15) is 23.1 Å². The Morgan fingerprint density at radius 1 is 1.12 bits per heavy atom. The summed E-state index contributed by atoms with van der Waals surface area (Å²) in [6.45, 7) is 2.16. The fourth-order valence-electron chi connectivity index (χ4n) is 3.32. The molecular weight excluding hydrogens is 354 g/mol. The lowest BCUT2D eigenvalue weighted by Gasteiger charge is -2.19. The second-order valence-electron chi connectivity index (χ2n) is 6.23. The molecule has 0 N–H and O–H groups in total. The summed E-state index contributed by atoms with van der Waals surface area (Å²) in [6, 6.07) is 14.2. The summed E-state index contributed by atoms with van der Waals surface area (Å²) in [5.74, 6) is 0.641. The molecule has 0 spiro atoms. The number of hydrogen-bond donors (Lipinski definition) is 0. The lowest BCUT2D eigenvalue weighted by molar-refractivity contribution is -0.683. The Morgan fingerprint density at radius 3 is 2.62 bits per heavy atom. The topological polar surface area (TPSA) is 87.4 Å². The Hall–Kier alpha value is -2.64. The average Bonchev–Trinajstić information content (AvgIpc) is 3.16. The average molecular weight is 371 g/mol. The monoisotopic (exact) mass is 371 g/mol. The fraction of sp³-hybridized carbons (Fsp3) is 0.211. The maximum atomic E-state index is 11.8. The van der Waals surface area contributed by atoms with Crippen molar-refractivity contribution in [1.82, 2.24) is 0 Å². The summed E-state index contributed by atoms with van der Waals surface area (Å²) in [5.41, 5.74) is 2.73. The van der Waals surface area contributed by atoms with Crippen LogP contribution >= 0.6 is 0 Å². The Kier molecular flexibility index (Phi) is 4.05. The van der Waals surface area contributed by atoms with Gasteiger partial charge in [0, 0.05) is 23.9 Å². The minimum atomic E-state index is -4.47. The van der Waals surface area contributed by atoms with Gasteiger partial charge in [0.05, 0.1) is 18.4 Å². The minimum absolute atomic E-state index is 0.166. The molecule has 7 heteroatoms. The Balaban J connectivity index is 1.71. The summed E-state index contributed by atoms with van der Waals surface area (Å²) in [4.78, 5) is 0. The highest BCUT2D eigenvalue weighted by atomic mass is 32.2. The maximum Gasteiger partial charge on any atom is 0.344 e. The minimum Gasteiger partial charge on any atom is -0.747 e. The van der Waals surface area contributed by atoms with Crippen LogP contribution < -0.4 is 4.57 Å². The third kappa shape index (κ3) is 3.00. The number of aromatic nitrogens is 1. The Morgan fingerprint density at radius 2 is 1.88 bits per heavy atom. The van der Waals surface area contributed by atoms with Crippen molar-refractivity contribution < 1.29 is 26.4 Å². The lowest BCUT2D eigenvalue weighted by Crippen LogP contribution is -2.36. The largest absolute Gasteiger partial charge is 0.747 e. The van der Waals surface area contributed by atoms with Crippen molar-refractivity contribution in [2.45, 2.75) is 25.1 Å².